The highest BCUT2D eigenvalue weighted by Crippen LogP contribution is 2.24. The van der Waals surface area contributed by atoms with Gasteiger partial charge in [0.25, 0.3) is 5.91 Å². The molecule has 0 saturated carbocycles. The highest BCUT2D eigenvalue weighted by atomic mass is 16.3. The number of nitrogens with zero attached hydrogens (tertiary/aromatic N) is 3. The summed E-state index contributed by atoms with van der Waals surface area (Å²) in [5.41, 5.74) is 3.49. The van der Waals surface area contributed by atoms with Gasteiger partial charge in [0.1, 0.15) is 0 Å². The van der Waals surface area contributed by atoms with Gasteiger partial charge in [-0.3, -0.25) is 14.9 Å². The third-order valence-corrected chi connectivity index (χ3v) is 4.61. The van der Waals surface area contributed by atoms with Crippen molar-refractivity contribution in [2.75, 3.05) is 13.1 Å². The third-order valence-electron chi connectivity index (χ3n) is 4.61. The van der Waals surface area contributed by atoms with Gasteiger partial charge >= 0.3 is 0 Å². The number of aliphatic hydroxyl groups excluding tert-OH is 1. The Kier molecular flexibility index (Phi) is 4.43. The Bertz CT molecular complexity index is 683. The van der Waals surface area contributed by atoms with Gasteiger partial charge in [-0.1, -0.05) is 6.92 Å². The van der Waals surface area contributed by atoms with Crippen molar-refractivity contribution in [2.45, 2.75) is 32.8 Å². The Morgan fingerprint density at radius 3 is 2.78 bits per heavy atom. The van der Waals surface area contributed by atoms with Crippen LogP contribution in [0.15, 0.2) is 24.5 Å². The summed E-state index contributed by atoms with van der Waals surface area (Å²) in [5.74, 6) is -0.0547. The first kappa shape index (κ1) is 15.7. The molecule has 1 saturated heterocycles. The summed E-state index contributed by atoms with van der Waals surface area (Å²) in [6.45, 7) is 4.86. The van der Waals surface area contributed by atoms with E-state index in [4.69, 9.17) is 0 Å². The number of hydrogen-bond donors (Lipinski definition) is 2. The molecule has 6 nitrogen and oxygen atoms in total. The number of β-amino-alcohol motifs (C(OH)–C–C–N with tert-alkyl or cyclic N) is 1. The molecular formula is C17H22N4O2. The molecule has 0 bridgehead atoms. The van der Waals surface area contributed by atoms with Crippen molar-refractivity contribution in [3.63, 3.8) is 0 Å². The topological polar surface area (TPSA) is 82.1 Å². The van der Waals surface area contributed by atoms with Crippen molar-refractivity contribution in [3.8, 4) is 0 Å². The molecule has 2 aromatic rings. The maximum Gasteiger partial charge on any atom is 0.274 e. The fraction of sp³-hybridized carbons (Fsp3) is 0.471. The summed E-state index contributed by atoms with van der Waals surface area (Å²) in [6, 6.07) is 3.89. The number of aryl methyl sites for hydroxylation is 1. The lowest BCUT2D eigenvalue weighted by Crippen LogP contribution is -2.30. The summed E-state index contributed by atoms with van der Waals surface area (Å²) in [6.07, 6.45) is 4.56. The lowest BCUT2D eigenvalue weighted by molar-refractivity contribution is 0.0758. The molecule has 2 N–H and O–H groups in total. The lowest BCUT2D eigenvalue weighted by Gasteiger charge is -2.15. The second kappa shape index (κ2) is 6.50. The van der Waals surface area contributed by atoms with E-state index < -0.39 is 6.10 Å². The largest absolute Gasteiger partial charge is 0.391 e. The van der Waals surface area contributed by atoms with Crippen LogP contribution in [-0.2, 0) is 12.8 Å². The average molecular weight is 314 g/mol. The number of aliphatic hydroxyl groups is 1. The second-order valence-corrected chi connectivity index (χ2v) is 6.13. The van der Waals surface area contributed by atoms with E-state index in [1.807, 2.05) is 26.0 Å². The van der Waals surface area contributed by atoms with Crippen LogP contribution in [0.4, 0.5) is 0 Å². The summed E-state index contributed by atoms with van der Waals surface area (Å²) in [4.78, 5) is 18.4. The van der Waals surface area contributed by atoms with E-state index >= 15 is 0 Å². The monoisotopic (exact) mass is 314 g/mol. The zero-order valence-electron chi connectivity index (χ0n) is 13.5. The first-order chi connectivity index (χ1) is 11.1. The van der Waals surface area contributed by atoms with Crippen molar-refractivity contribution in [1.82, 2.24) is 20.1 Å². The van der Waals surface area contributed by atoms with Gasteiger partial charge in [-0.05, 0) is 37.5 Å². The molecule has 0 aliphatic carbocycles. The van der Waals surface area contributed by atoms with Gasteiger partial charge in [0.2, 0.25) is 0 Å². The van der Waals surface area contributed by atoms with Crippen molar-refractivity contribution < 1.29 is 9.90 Å². The van der Waals surface area contributed by atoms with E-state index in [0.29, 0.717) is 18.8 Å². The Hall–Kier alpha value is -2.21. The summed E-state index contributed by atoms with van der Waals surface area (Å²) >= 11 is 0. The maximum atomic E-state index is 12.7. The quantitative estimate of drug-likeness (QED) is 0.892. The molecule has 0 radical (unpaired) electrons. The fourth-order valence-corrected chi connectivity index (χ4v) is 3.18. The van der Waals surface area contributed by atoms with Crippen LogP contribution in [0.5, 0.6) is 0 Å². The molecule has 2 atom stereocenters. The Balaban J connectivity index is 1.70. The van der Waals surface area contributed by atoms with Crippen LogP contribution in [0.1, 0.15) is 34.2 Å². The number of carbonyl (C=O) groups excluding carboxylic acids is 1. The lowest BCUT2D eigenvalue weighted by atomic mass is 9.97. The second-order valence-electron chi connectivity index (χ2n) is 6.13. The van der Waals surface area contributed by atoms with Crippen LogP contribution in [0.25, 0.3) is 0 Å². The van der Waals surface area contributed by atoms with Gasteiger partial charge in [-0.2, -0.15) is 5.10 Å². The number of rotatable bonds is 4. The highest BCUT2D eigenvalue weighted by Gasteiger charge is 2.35. The number of carbonyl (C=O) groups is 1. The summed E-state index contributed by atoms with van der Waals surface area (Å²) < 4.78 is 0. The van der Waals surface area contributed by atoms with Gasteiger partial charge < -0.3 is 10.0 Å². The van der Waals surface area contributed by atoms with E-state index in [1.165, 1.54) is 0 Å². The number of aromatic nitrogens is 3. The van der Waals surface area contributed by atoms with Crippen LogP contribution in [0.3, 0.4) is 0 Å². The standard InChI is InChI=1S/C17H22N4O2/c1-3-14-11(2)16(20-19-14)17(23)21-9-13(15(22)10-21)8-12-4-6-18-7-5-12/h4-7,13,15,22H,3,8-10H2,1-2H3,(H,19,20)/t13-,15+/m1/s1. The number of aromatic amines is 1. The van der Waals surface area contributed by atoms with Gasteiger partial charge in [-0.25, -0.2) is 0 Å². The van der Waals surface area contributed by atoms with Crippen LogP contribution in [0, 0.1) is 12.8 Å². The molecule has 1 aliphatic rings. The predicted molar refractivity (Wildman–Crippen MR) is 86.0 cm³/mol. The summed E-state index contributed by atoms with van der Waals surface area (Å²) in [7, 11) is 0. The van der Waals surface area contributed by atoms with E-state index in [1.54, 1.807) is 17.3 Å². The summed E-state index contributed by atoms with van der Waals surface area (Å²) in [5, 5.41) is 17.4. The normalized spacial score (nSPS) is 20.9. The number of likely N-dealkylation sites (tertiary alicyclic amines) is 1. The molecule has 6 heteroatoms. The first-order valence-corrected chi connectivity index (χ1v) is 8.00. The van der Waals surface area contributed by atoms with Crippen molar-refractivity contribution in [1.29, 1.82) is 0 Å². The average Bonchev–Trinajstić information content (AvgIpc) is 3.11. The van der Waals surface area contributed by atoms with Crippen LogP contribution in [0.2, 0.25) is 0 Å². The SMILES string of the molecule is CCc1[nH]nc(C(=O)N2C[C@@H](Cc3ccncc3)[C@@H](O)C2)c1C. The predicted octanol–water partition coefficient (Wildman–Crippen LogP) is 1.35. The van der Waals surface area contributed by atoms with E-state index in [0.717, 1.165) is 29.7 Å². The number of nitrogens with one attached hydrogen (secondary N) is 1. The van der Waals surface area contributed by atoms with Crippen molar-refractivity contribution >= 4 is 5.91 Å². The van der Waals surface area contributed by atoms with E-state index in [-0.39, 0.29) is 11.8 Å². The van der Waals surface area contributed by atoms with Gasteiger partial charge in [0.15, 0.2) is 5.69 Å². The number of hydrogen-bond acceptors (Lipinski definition) is 4. The Morgan fingerprint density at radius 1 is 1.39 bits per heavy atom. The van der Waals surface area contributed by atoms with E-state index in [2.05, 4.69) is 15.2 Å². The van der Waals surface area contributed by atoms with Gasteiger partial charge in [-0.15, -0.1) is 0 Å². The van der Waals surface area contributed by atoms with Crippen molar-refractivity contribution in [2.24, 2.45) is 5.92 Å². The fourth-order valence-electron chi connectivity index (χ4n) is 3.18. The van der Waals surface area contributed by atoms with Crippen LogP contribution in [-0.4, -0.2) is 50.3 Å². The number of pyridine rings is 1. The number of H-pyrrole nitrogens is 1. The first-order valence-electron chi connectivity index (χ1n) is 8.00. The molecule has 23 heavy (non-hydrogen) atoms. The van der Waals surface area contributed by atoms with Crippen LogP contribution < -0.4 is 0 Å². The molecule has 0 spiro atoms. The molecule has 122 valence electrons. The number of amides is 1. The molecule has 0 aromatic carbocycles. The third kappa shape index (κ3) is 3.12. The smallest absolute Gasteiger partial charge is 0.274 e. The molecular weight excluding hydrogens is 292 g/mol. The van der Waals surface area contributed by atoms with Crippen molar-refractivity contribution in [3.05, 3.63) is 47.0 Å². The maximum absolute atomic E-state index is 12.7. The molecule has 0 unspecified atom stereocenters. The Labute approximate surface area is 135 Å². The molecule has 2 aromatic heterocycles. The van der Waals surface area contributed by atoms with Gasteiger partial charge in [0, 0.05) is 42.7 Å². The zero-order valence-corrected chi connectivity index (χ0v) is 13.5. The molecule has 1 aliphatic heterocycles. The minimum atomic E-state index is -0.503. The molecule has 1 fully saturated rings. The Morgan fingerprint density at radius 2 is 2.13 bits per heavy atom. The molecule has 1 amide bonds. The molecule has 3 rings (SSSR count). The highest BCUT2D eigenvalue weighted by molar-refractivity contribution is 5.94. The van der Waals surface area contributed by atoms with Crippen LogP contribution >= 0.6 is 0 Å². The minimum Gasteiger partial charge on any atom is -0.391 e. The van der Waals surface area contributed by atoms with Gasteiger partial charge in [0.05, 0.1) is 6.10 Å². The van der Waals surface area contributed by atoms with E-state index in [9.17, 15) is 9.90 Å². The minimum absolute atomic E-state index is 0.0474. The molecule has 3 heterocycles. The zero-order chi connectivity index (χ0) is 16.4.